The Morgan fingerprint density at radius 2 is 1.76 bits per heavy atom. The van der Waals surface area contributed by atoms with E-state index in [1.165, 1.54) is 23.0 Å². The fourth-order valence-electron chi connectivity index (χ4n) is 1.83. The maximum absolute atomic E-state index is 12.9. The van der Waals surface area contributed by atoms with Gasteiger partial charge in [0.25, 0.3) is 0 Å². The topological polar surface area (TPSA) is 56.8 Å². The van der Waals surface area contributed by atoms with Crippen molar-refractivity contribution in [1.82, 2.24) is 15.0 Å². The molecule has 0 aliphatic rings. The Hall–Kier alpha value is -3.02. The van der Waals surface area contributed by atoms with Crippen molar-refractivity contribution in [2.45, 2.75) is 0 Å². The lowest BCUT2D eigenvalue weighted by Gasteiger charge is -2.00. The Bertz CT molecular complexity index is 766. The van der Waals surface area contributed by atoms with Crippen molar-refractivity contribution >= 4 is 11.9 Å². The molecule has 21 heavy (non-hydrogen) atoms. The fraction of sp³-hybridized carbons (Fsp3) is 0. The smallest absolute Gasteiger partial charge is 0.216 e. The quantitative estimate of drug-likeness (QED) is 0.321. The van der Waals surface area contributed by atoms with Crippen LogP contribution in [-0.2, 0) is 0 Å². The Morgan fingerprint density at radius 1 is 1.05 bits per heavy atom. The molecule has 0 atom stereocenters. The Balaban J connectivity index is 1.87. The minimum absolute atomic E-state index is 0.319. The standard InChI is InChI=1S/C15H11FN4O/c16-12-6-8-14(9-7-12)19-10-13(17-18-19)11-20(21)15-4-2-1-3-5-15/h1-11H/b20-11-. The van der Waals surface area contributed by atoms with E-state index in [1.54, 1.807) is 42.6 Å². The molecule has 0 aliphatic heterocycles. The molecule has 0 saturated heterocycles. The molecule has 1 aromatic heterocycles. The summed E-state index contributed by atoms with van der Waals surface area (Å²) in [6.07, 6.45) is 2.93. The number of hydrogen-bond donors (Lipinski definition) is 0. The van der Waals surface area contributed by atoms with Gasteiger partial charge in [-0.2, -0.15) is 4.74 Å². The highest BCUT2D eigenvalue weighted by Crippen LogP contribution is 2.10. The van der Waals surface area contributed by atoms with Gasteiger partial charge >= 0.3 is 0 Å². The number of para-hydroxylation sites is 1. The molecule has 104 valence electrons. The van der Waals surface area contributed by atoms with Crippen LogP contribution in [0.15, 0.2) is 60.8 Å². The van der Waals surface area contributed by atoms with Gasteiger partial charge in [0.05, 0.1) is 11.9 Å². The molecule has 0 unspecified atom stereocenters. The fourth-order valence-corrected chi connectivity index (χ4v) is 1.83. The molecule has 2 aromatic carbocycles. The lowest BCUT2D eigenvalue weighted by molar-refractivity contribution is -0.354. The third-order valence-corrected chi connectivity index (χ3v) is 2.86. The normalized spacial score (nSPS) is 11.6. The molecular weight excluding hydrogens is 271 g/mol. The van der Waals surface area contributed by atoms with E-state index in [-0.39, 0.29) is 5.82 Å². The predicted molar refractivity (Wildman–Crippen MR) is 76.2 cm³/mol. The summed E-state index contributed by atoms with van der Waals surface area (Å²) in [6.45, 7) is 0. The van der Waals surface area contributed by atoms with Crippen LogP contribution in [0.2, 0.25) is 0 Å². The van der Waals surface area contributed by atoms with E-state index < -0.39 is 0 Å². The molecule has 3 rings (SSSR count). The van der Waals surface area contributed by atoms with Crippen molar-refractivity contribution in [2.75, 3.05) is 0 Å². The van der Waals surface area contributed by atoms with E-state index in [9.17, 15) is 9.60 Å². The lowest BCUT2D eigenvalue weighted by atomic mass is 10.3. The summed E-state index contributed by atoms with van der Waals surface area (Å²) in [4.78, 5) is 0. The minimum Gasteiger partial charge on any atom is -0.618 e. The molecule has 0 amide bonds. The first-order chi connectivity index (χ1) is 10.2. The average Bonchev–Trinajstić information content (AvgIpc) is 2.97. The first-order valence-electron chi connectivity index (χ1n) is 6.27. The van der Waals surface area contributed by atoms with Gasteiger partial charge in [0.1, 0.15) is 5.82 Å². The summed E-state index contributed by atoms with van der Waals surface area (Å²) in [7, 11) is 0. The van der Waals surface area contributed by atoms with Crippen molar-refractivity contribution in [2.24, 2.45) is 0 Å². The monoisotopic (exact) mass is 282 g/mol. The molecule has 0 spiro atoms. The molecule has 0 bridgehead atoms. The summed E-state index contributed by atoms with van der Waals surface area (Å²) in [5.41, 5.74) is 1.59. The number of rotatable bonds is 3. The maximum atomic E-state index is 12.9. The van der Waals surface area contributed by atoms with Crippen molar-refractivity contribution in [1.29, 1.82) is 0 Å². The van der Waals surface area contributed by atoms with Gasteiger partial charge in [-0.05, 0) is 24.3 Å². The van der Waals surface area contributed by atoms with Gasteiger partial charge in [0, 0.05) is 12.1 Å². The largest absolute Gasteiger partial charge is 0.618 e. The summed E-state index contributed by atoms with van der Waals surface area (Å²) in [5, 5.41) is 19.8. The molecule has 5 nitrogen and oxygen atoms in total. The van der Waals surface area contributed by atoms with Crippen LogP contribution < -0.4 is 0 Å². The van der Waals surface area contributed by atoms with Crippen LogP contribution in [-0.4, -0.2) is 25.9 Å². The maximum Gasteiger partial charge on any atom is 0.216 e. The molecule has 0 saturated carbocycles. The third-order valence-electron chi connectivity index (χ3n) is 2.86. The molecule has 1 heterocycles. The number of halogens is 1. The van der Waals surface area contributed by atoms with Crippen molar-refractivity contribution in [3.8, 4) is 5.69 Å². The second-order valence-electron chi connectivity index (χ2n) is 4.35. The van der Waals surface area contributed by atoms with Crippen molar-refractivity contribution in [3.05, 3.63) is 77.5 Å². The molecule has 0 aliphatic carbocycles. The van der Waals surface area contributed by atoms with Gasteiger partial charge in [-0.1, -0.05) is 23.4 Å². The van der Waals surface area contributed by atoms with Gasteiger partial charge in [0.2, 0.25) is 11.9 Å². The summed E-state index contributed by atoms with van der Waals surface area (Å²) < 4.78 is 15.1. The van der Waals surface area contributed by atoms with Crippen LogP contribution in [0.25, 0.3) is 5.69 Å². The number of aromatic nitrogens is 3. The van der Waals surface area contributed by atoms with Crippen LogP contribution >= 0.6 is 0 Å². The molecular formula is C15H11FN4O. The highest BCUT2D eigenvalue weighted by molar-refractivity contribution is 5.73. The number of nitrogens with zero attached hydrogens (tertiary/aromatic N) is 4. The number of hydrogen-bond acceptors (Lipinski definition) is 3. The van der Waals surface area contributed by atoms with Crippen molar-refractivity contribution < 1.29 is 9.13 Å². The first kappa shape index (κ1) is 13.0. The zero-order chi connectivity index (χ0) is 14.7. The van der Waals surface area contributed by atoms with Crippen LogP contribution in [0.1, 0.15) is 5.69 Å². The van der Waals surface area contributed by atoms with Crippen LogP contribution in [0.3, 0.4) is 0 Å². The predicted octanol–water partition coefficient (Wildman–Crippen LogP) is 2.67. The van der Waals surface area contributed by atoms with Crippen LogP contribution in [0.5, 0.6) is 0 Å². The van der Waals surface area contributed by atoms with Crippen molar-refractivity contribution in [3.63, 3.8) is 0 Å². The zero-order valence-corrected chi connectivity index (χ0v) is 10.9. The first-order valence-corrected chi connectivity index (χ1v) is 6.27. The second kappa shape index (κ2) is 5.54. The highest BCUT2D eigenvalue weighted by atomic mass is 19.1. The van der Waals surface area contributed by atoms with E-state index in [0.717, 1.165) is 4.74 Å². The average molecular weight is 282 g/mol. The van der Waals surface area contributed by atoms with E-state index in [2.05, 4.69) is 10.3 Å². The molecule has 6 heteroatoms. The highest BCUT2D eigenvalue weighted by Gasteiger charge is 2.06. The molecule has 0 radical (unpaired) electrons. The SMILES string of the molecule is [O-]/[N+](=C\c1cn(-c2ccc(F)cc2)nn1)c1ccccc1. The molecule has 0 fully saturated rings. The van der Waals surface area contributed by atoms with Gasteiger partial charge in [0.15, 0.2) is 5.69 Å². The van der Waals surface area contributed by atoms with E-state index in [4.69, 9.17) is 0 Å². The molecule has 0 N–H and O–H groups in total. The summed E-state index contributed by atoms with van der Waals surface area (Å²) >= 11 is 0. The van der Waals surface area contributed by atoms with Gasteiger partial charge in [-0.15, -0.1) is 5.10 Å². The Kier molecular flexibility index (Phi) is 3.42. The Labute approximate surface area is 120 Å². The lowest BCUT2D eigenvalue weighted by Crippen LogP contribution is -1.98. The van der Waals surface area contributed by atoms with Gasteiger partial charge in [-0.3, -0.25) is 0 Å². The summed E-state index contributed by atoms with van der Waals surface area (Å²) in [5.74, 6) is -0.319. The third kappa shape index (κ3) is 2.94. The van der Waals surface area contributed by atoms with E-state index in [0.29, 0.717) is 17.1 Å². The van der Waals surface area contributed by atoms with Gasteiger partial charge in [-0.25, -0.2) is 9.07 Å². The Morgan fingerprint density at radius 3 is 2.48 bits per heavy atom. The number of benzene rings is 2. The summed E-state index contributed by atoms with van der Waals surface area (Å²) in [6, 6.07) is 14.6. The zero-order valence-electron chi connectivity index (χ0n) is 10.9. The minimum atomic E-state index is -0.319. The second-order valence-corrected chi connectivity index (χ2v) is 4.35. The van der Waals surface area contributed by atoms with E-state index >= 15 is 0 Å². The van der Waals surface area contributed by atoms with Crippen LogP contribution in [0.4, 0.5) is 10.1 Å². The van der Waals surface area contributed by atoms with Gasteiger partial charge < -0.3 is 5.21 Å². The van der Waals surface area contributed by atoms with Crippen LogP contribution in [0, 0.1) is 11.0 Å². The van der Waals surface area contributed by atoms with E-state index in [1.807, 2.05) is 6.07 Å². The molecule has 3 aromatic rings.